The number of hydrogen-bond acceptors (Lipinski definition) is 7. The van der Waals surface area contributed by atoms with E-state index in [1.54, 1.807) is 0 Å². The summed E-state index contributed by atoms with van der Waals surface area (Å²) < 4.78 is 5.30. The molecule has 0 aromatic carbocycles. The zero-order chi connectivity index (χ0) is 11.7. The van der Waals surface area contributed by atoms with Gasteiger partial charge in [-0.1, -0.05) is 6.92 Å². The van der Waals surface area contributed by atoms with Crippen LogP contribution in [0.3, 0.4) is 0 Å². The Kier molecular flexibility index (Phi) is 7.96. The number of carbonyl (C=O) groups excluding carboxylic acids is 1. The molecule has 7 heteroatoms. The monoisotopic (exact) mass is 217 g/mol. The zero-order valence-corrected chi connectivity index (χ0v) is 8.90. The fraction of sp³-hybridized carbons (Fsp3) is 0.750. The maximum Gasteiger partial charge on any atom is 0.175 e. The molecule has 0 saturated heterocycles. The zero-order valence-electron chi connectivity index (χ0n) is 8.90. The van der Waals surface area contributed by atoms with Gasteiger partial charge in [0, 0.05) is 6.21 Å². The van der Waals surface area contributed by atoms with Crippen LogP contribution in [-0.2, 0) is 9.53 Å². The highest BCUT2D eigenvalue weighted by Gasteiger charge is 2.16. The van der Waals surface area contributed by atoms with Crippen molar-refractivity contribution >= 4 is 12.0 Å². The molecule has 0 radical (unpaired) electrons. The molecule has 0 spiro atoms. The van der Waals surface area contributed by atoms with Crippen molar-refractivity contribution in [3.8, 4) is 0 Å². The summed E-state index contributed by atoms with van der Waals surface area (Å²) in [7, 11) is 0. The minimum Gasteiger partial charge on any atom is -0.354 e. The molecule has 0 amide bonds. The minimum absolute atomic E-state index is 0.0286. The molecule has 1 atom stereocenters. The maximum absolute atomic E-state index is 11.2. The number of nitrogens with zero attached hydrogens (tertiary/aromatic N) is 1. The number of hydrogen-bond donors (Lipinski definition) is 4. The van der Waals surface area contributed by atoms with Crippen LogP contribution in [0.2, 0.25) is 0 Å². The molecule has 0 aliphatic heterocycles. The first-order valence-corrected chi connectivity index (χ1v) is 4.74. The van der Waals surface area contributed by atoms with Crippen molar-refractivity contribution in [1.29, 1.82) is 5.41 Å². The molecule has 0 heterocycles. The molecule has 7 nitrogen and oxygen atoms in total. The Labute approximate surface area is 89.2 Å². The fourth-order valence-electron chi connectivity index (χ4n) is 1.00. The summed E-state index contributed by atoms with van der Waals surface area (Å²) in [6.45, 7) is 2.26. The van der Waals surface area contributed by atoms with E-state index in [4.69, 9.17) is 21.7 Å². The van der Waals surface area contributed by atoms with Gasteiger partial charge in [0.05, 0.1) is 13.1 Å². The summed E-state index contributed by atoms with van der Waals surface area (Å²) in [6.07, 6.45) is 1.24. The molecular weight excluding hydrogens is 198 g/mol. The second kappa shape index (κ2) is 8.45. The molecule has 0 bridgehead atoms. The number of nitrogens with two attached hydrogens (primary N) is 2. The smallest absolute Gasteiger partial charge is 0.175 e. The highest BCUT2D eigenvalue weighted by atomic mass is 16.5. The predicted octanol–water partition coefficient (Wildman–Crippen LogP) is -1.40. The first-order valence-electron chi connectivity index (χ1n) is 4.74. The number of carbonyl (C=O) groups is 1. The lowest BCUT2D eigenvalue weighted by atomic mass is 10.2. The average molecular weight is 217 g/mol. The van der Waals surface area contributed by atoms with Crippen LogP contribution in [0.5, 0.6) is 0 Å². The minimum atomic E-state index is -0.503. The molecule has 6 N–H and O–H groups in total. The highest BCUT2D eigenvalue weighted by Crippen LogP contribution is 1.99. The van der Waals surface area contributed by atoms with E-state index in [0.717, 1.165) is 0 Å². The third-order valence-corrected chi connectivity index (χ3v) is 1.86. The van der Waals surface area contributed by atoms with Gasteiger partial charge < -0.3 is 15.9 Å². The predicted molar refractivity (Wildman–Crippen MR) is 56.9 cm³/mol. The second-order valence-electron chi connectivity index (χ2n) is 2.92. The molecule has 0 aliphatic rings. The van der Waals surface area contributed by atoms with Crippen molar-refractivity contribution in [2.45, 2.75) is 19.4 Å². The van der Waals surface area contributed by atoms with E-state index in [0.29, 0.717) is 13.0 Å². The van der Waals surface area contributed by atoms with E-state index in [9.17, 15) is 4.79 Å². The van der Waals surface area contributed by atoms with Crippen LogP contribution in [-0.4, -0.2) is 42.9 Å². The first-order chi connectivity index (χ1) is 7.19. The lowest BCUT2D eigenvalue weighted by Gasteiger charge is -2.21. The van der Waals surface area contributed by atoms with Gasteiger partial charge in [0.15, 0.2) is 5.78 Å². The Bertz CT molecular complexity index is 199. The Morgan fingerprint density at radius 1 is 1.73 bits per heavy atom. The Balaban J connectivity index is 3.97. The standard InChI is InChI=1S/C8H19N5O2/c1-2-8(7(14)5-10)15-6-13(12-11)4-3-9/h3,8-9,12H,2,4-6,10-11H2,1H3. The molecular formula is C8H19N5O2. The van der Waals surface area contributed by atoms with Crippen LogP contribution in [0.4, 0.5) is 0 Å². The van der Waals surface area contributed by atoms with Crippen LogP contribution >= 0.6 is 0 Å². The molecule has 15 heavy (non-hydrogen) atoms. The number of nitrogens with one attached hydrogen (secondary N) is 2. The van der Waals surface area contributed by atoms with Crippen LogP contribution < -0.4 is 17.1 Å². The van der Waals surface area contributed by atoms with Crippen LogP contribution in [0.15, 0.2) is 0 Å². The van der Waals surface area contributed by atoms with Crippen LogP contribution in [0.25, 0.3) is 0 Å². The molecule has 88 valence electrons. The van der Waals surface area contributed by atoms with E-state index < -0.39 is 6.10 Å². The van der Waals surface area contributed by atoms with Gasteiger partial charge in [-0.2, -0.15) is 5.53 Å². The van der Waals surface area contributed by atoms with Crippen molar-refractivity contribution in [1.82, 2.24) is 10.5 Å². The second-order valence-corrected chi connectivity index (χ2v) is 2.92. The highest BCUT2D eigenvalue weighted by molar-refractivity contribution is 5.84. The van der Waals surface area contributed by atoms with Gasteiger partial charge in [-0.3, -0.25) is 10.6 Å². The summed E-state index contributed by atoms with van der Waals surface area (Å²) in [6, 6.07) is 0. The Morgan fingerprint density at radius 3 is 2.80 bits per heavy atom. The summed E-state index contributed by atoms with van der Waals surface area (Å²) >= 11 is 0. The topological polar surface area (TPSA) is 117 Å². The van der Waals surface area contributed by atoms with Crippen molar-refractivity contribution in [3.63, 3.8) is 0 Å². The number of ether oxygens (including phenoxy) is 1. The van der Waals surface area contributed by atoms with Gasteiger partial charge in [0.1, 0.15) is 12.8 Å². The molecule has 0 aliphatic carbocycles. The van der Waals surface area contributed by atoms with E-state index in [1.165, 1.54) is 11.2 Å². The van der Waals surface area contributed by atoms with Crippen LogP contribution in [0.1, 0.15) is 13.3 Å². The van der Waals surface area contributed by atoms with E-state index in [-0.39, 0.29) is 19.1 Å². The van der Waals surface area contributed by atoms with Crippen molar-refractivity contribution in [2.24, 2.45) is 11.6 Å². The summed E-state index contributed by atoms with van der Waals surface area (Å²) in [5.41, 5.74) is 7.58. The lowest BCUT2D eigenvalue weighted by molar-refractivity contribution is -0.133. The Morgan fingerprint density at radius 2 is 2.40 bits per heavy atom. The third kappa shape index (κ3) is 5.55. The fourth-order valence-corrected chi connectivity index (χ4v) is 1.00. The molecule has 1 unspecified atom stereocenters. The van der Waals surface area contributed by atoms with Crippen molar-refractivity contribution < 1.29 is 9.53 Å². The quantitative estimate of drug-likeness (QED) is 0.163. The van der Waals surface area contributed by atoms with Gasteiger partial charge in [0.2, 0.25) is 0 Å². The molecule has 0 rings (SSSR count). The van der Waals surface area contributed by atoms with Gasteiger partial charge >= 0.3 is 0 Å². The molecule has 0 aromatic heterocycles. The van der Waals surface area contributed by atoms with E-state index in [1.807, 2.05) is 6.92 Å². The Hall–Kier alpha value is -0.860. The number of hydrazine groups is 2. The largest absolute Gasteiger partial charge is 0.354 e. The normalized spacial score (nSPS) is 12.8. The van der Waals surface area contributed by atoms with Gasteiger partial charge in [-0.05, 0) is 6.42 Å². The number of ketones is 1. The van der Waals surface area contributed by atoms with Crippen LogP contribution in [0, 0.1) is 5.41 Å². The first kappa shape index (κ1) is 14.1. The van der Waals surface area contributed by atoms with Gasteiger partial charge in [0.25, 0.3) is 0 Å². The summed E-state index contributed by atoms with van der Waals surface area (Å²) in [5, 5.41) is 8.34. The van der Waals surface area contributed by atoms with E-state index in [2.05, 4.69) is 5.53 Å². The SMILES string of the molecule is CCC(OCN(CC=N)NN)C(=O)CN. The molecule has 0 aromatic rings. The molecule has 0 saturated carbocycles. The third-order valence-electron chi connectivity index (χ3n) is 1.86. The summed E-state index contributed by atoms with van der Waals surface area (Å²) in [4.78, 5) is 11.2. The molecule has 0 fully saturated rings. The van der Waals surface area contributed by atoms with E-state index >= 15 is 0 Å². The number of Topliss-reactive ketones (excluding diaryl/α,β-unsaturated/α-hetero) is 1. The number of rotatable bonds is 9. The maximum atomic E-state index is 11.2. The van der Waals surface area contributed by atoms with Crippen molar-refractivity contribution in [3.05, 3.63) is 0 Å². The lowest BCUT2D eigenvalue weighted by Crippen LogP contribution is -2.46. The average Bonchev–Trinajstić information content (AvgIpc) is 2.27. The van der Waals surface area contributed by atoms with Crippen molar-refractivity contribution in [2.75, 3.05) is 19.8 Å². The summed E-state index contributed by atoms with van der Waals surface area (Å²) in [5.74, 6) is 5.04. The van der Waals surface area contributed by atoms with Gasteiger partial charge in [-0.25, -0.2) is 5.01 Å². The van der Waals surface area contributed by atoms with Gasteiger partial charge in [-0.15, -0.1) is 0 Å².